The summed E-state index contributed by atoms with van der Waals surface area (Å²) < 4.78 is 11.7. The first-order valence-corrected chi connectivity index (χ1v) is 11.9. The minimum absolute atomic E-state index is 0.481. The van der Waals surface area contributed by atoms with Crippen LogP contribution in [-0.4, -0.2) is 23.7 Å². The Morgan fingerprint density at radius 2 is 1.63 bits per heavy atom. The van der Waals surface area contributed by atoms with Gasteiger partial charge in [-0.05, 0) is 48.4 Å². The Labute approximate surface area is 207 Å². The van der Waals surface area contributed by atoms with Crippen LogP contribution in [-0.2, 0) is 19.6 Å². The van der Waals surface area contributed by atoms with Gasteiger partial charge >= 0.3 is 0 Å². The maximum absolute atomic E-state index is 10.4. The Bertz CT molecular complexity index is 1200. The minimum Gasteiger partial charge on any atom is -0.493 e. The van der Waals surface area contributed by atoms with Gasteiger partial charge < -0.3 is 19.5 Å². The van der Waals surface area contributed by atoms with Crippen molar-refractivity contribution < 1.29 is 14.6 Å². The minimum atomic E-state index is -0.563. The highest BCUT2D eigenvalue weighted by Gasteiger charge is 2.16. The number of hydrogen-bond acceptors (Lipinski definition) is 5. The van der Waals surface area contributed by atoms with Crippen molar-refractivity contribution in [3.8, 4) is 11.5 Å². The second-order valence-corrected chi connectivity index (χ2v) is 8.49. The average Bonchev–Trinajstić information content (AvgIpc) is 2.91. The molecule has 0 amide bonds. The van der Waals surface area contributed by atoms with Crippen LogP contribution in [0.4, 0.5) is 5.69 Å². The molecule has 4 rings (SSSR count). The highest BCUT2D eigenvalue weighted by atomic mass is 16.5. The molecule has 0 saturated carbocycles. The topological polar surface area (TPSA) is 54.8 Å². The van der Waals surface area contributed by atoms with Crippen molar-refractivity contribution in [2.75, 3.05) is 18.6 Å². The number of nitrogens with zero attached hydrogens (tertiary/aromatic N) is 2. The molecule has 5 nitrogen and oxygen atoms in total. The Morgan fingerprint density at radius 1 is 0.857 bits per heavy atom. The van der Waals surface area contributed by atoms with Gasteiger partial charge in [0.05, 0.1) is 13.2 Å². The summed E-state index contributed by atoms with van der Waals surface area (Å²) in [6.45, 7) is 3.70. The van der Waals surface area contributed by atoms with E-state index in [4.69, 9.17) is 9.47 Å². The number of aliphatic hydroxyl groups excluding tert-OH is 1. The molecule has 0 fully saturated rings. The molecule has 35 heavy (non-hydrogen) atoms. The summed E-state index contributed by atoms with van der Waals surface area (Å²) in [5.74, 6) is 1.41. The maximum atomic E-state index is 10.4. The van der Waals surface area contributed by atoms with Crippen molar-refractivity contribution in [3.05, 3.63) is 120 Å². The van der Waals surface area contributed by atoms with Crippen LogP contribution in [0.2, 0.25) is 0 Å². The van der Waals surface area contributed by atoms with E-state index in [9.17, 15) is 5.11 Å². The number of hydrogen-bond donors (Lipinski definition) is 1. The first kappa shape index (κ1) is 24.3. The molecular formula is C30H32N2O3. The predicted octanol–water partition coefficient (Wildman–Crippen LogP) is 5.97. The SMILES string of the molecule is COc1cc(CN(CCc2ccccn2)c2ccccc2C(C)O)ccc1OCc1ccccc1. The summed E-state index contributed by atoms with van der Waals surface area (Å²) >= 11 is 0. The van der Waals surface area contributed by atoms with Gasteiger partial charge in [0, 0.05) is 42.7 Å². The normalized spacial score (nSPS) is 11.6. The lowest BCUT2D eigenvalue weighted by Gasteiger charge is -2.28. The molecule has 0 aliphatic carbocycles. The van der Waals surface area contributed by atoms with Crippen molar-refractivity contribution in [3.63, 3.8) is 0 Å². The number of aliphatic hydroxyl groups is 1. The van der Waals surface area contributed by atoms with Gasteiger partial charge in [0.15, 0.2) is 11.5 Å². The van der Waals surface area contributed by atoms with E-state index in [1.807, 2.05) is 85.1 Å². The summed E-state index contributed by atoms with van der Waals surface area (Å²) in [5.41, 5.74) is 5.16. The van der Waals surface area contributed by atoms with Crippen molar-refractivity contribution in [1.82, 2.24) is 4.98 Å². The van der Waals surface area contributed by atoms with Gasteiger partial charge in [-0.3, -0.25) is 4.98 Å². The lowest BCUT2D eigenvalue weighted by Crippen LogP contribution is -2.27. The molecule has 1 aromatic heterocycles. The third-order valence-corrected chi connectivity index (χ3v) is 5.93. The van der Waals surface area contributed by atoms with E-state index in [1.165, 1.54) is 0 Å². The van der Waals surface area contributed by atoms with Crippen LogP contribution in [0.3, 0.4) is 0 Å². The molecule has 0 aliphatic rings. The predicted molar refractivity (Wildman–Crippen MR) is 140 cm³/mol. The van der Waals surface area contributed by atoms with Crippen LogP contribution in [0, 0.1) is 0 Å². The van der Waals surface area contributed by atoms with Crippen molar-refractivity contribution in [1.29, 1.82) is 0 Å². The monoisotopic (exact) mass is 468 g/mol. The Hall–Kier alpha value is -3.83. The van der Waals surface area contributed by atoms with E-state index in [0.29, 0.717) is 24.7 Å². The number of benzene rings is 3. The molecule has 180 valence electrons. The van der Waals surface area contributed by atoms with E-state index in [-0.39, 0.29) is 0 Å². The third kappa shape index (κ3) is 6.61. The molecule has 1 heterocycles. The molecule has 0 radical (unpaired) electrons. The van der Waals surface area contributed by atoms with Gasteiger partial charge in [0.2, 0.25) is 0 Å². The molecular weight excluding hydrogens is 436 g/mol. The summed E-state index contributed by atoms with van der Waals surface area (Å²) in [6, 6.07) is 30.1. The van der Waals surface area contributed by atoms with E-state index < -0.39 is 6.10 Å². The lowest BCUT2D eigenvalue weighted by molar-refractivity contribution is 0.199. The molecule has 3 aromatic carbocycles. The van der Waals surface area contributed by atoms with Crippen LogP contribution >= 0.6 is 0 Å². The van der Waals surface area contributed by atoms with Gasteiger partial charge in [-0.25, -0.2) is 0 Å². The number of pyridine rings is 1. The molecule has 0 saturated heterocycles. The summed E-state index contributed by atoms with van der Waals surface area (Å²) in [5, 5.41) is 10.4. The first-order valence-electron chi connectivity index (χ1n) is 11.9. The van der Waals surface area contributed by atoms with Gasteiger partial charge in [-0.1, -0.05) is 60.7 Å². The van der Waals surface area contributed by atoms with Crippen LogP contribution in [0.15, 0.2) is 97.2 Å². The van der Waals surface area contributed by atoms with Crippen molar-refractivity contribution >= 4 is 5.69 Å². The molecule has 0 spiro atoms. The van der Waals surface area contributed by atoms with E-state index in [0.717, 1.165) is 41.0 Å². The molecule has 0 aliphatic heterocycles. The second-order valence-electron chi connectivity index (χ2n) is 8.49. The Balaban J connectivity index is 1.56. The van der Waals surface area contributed by atoms with Crippen LogP contribution in [0.1, 0.15) is 35.4 Å². The average molecular weight is 469 g/mol. The fourth-order valence-corrected chi connectivity index (χ4v) is 4.09. The number of rotatable bonds is 11. The van der Waals surface area contributed by atoms with Gasteiger partial charge in [0.1, 0.15) is 6.61 Å². The lowest BCUT2D eigenvalue weighted by atomic mass is 10.1. The molecule has 1 unspecified atom stereocenters. The number of anilines is 1. The molecule has 1 atom stereocenters. The summed E-state index contributed by atoms with van der Waals surface area (Å²) in [4.78, 5) is 6.77. The van der Waals surface area contributed by atoms with E-state index in [2.05, 4.69) is 22.0 Å². The van der Waals surface area contributed by atoms with Crippen LogP contribution in [0.25, 0.3) is 0 Å². The van der Waals surface area contributed by atoms with Gasteiger partial charge in [-0.2, -0.15) is 0 Å². The largest absolute Gasteiger partial charge is 0.493 e. The third-order valence-electron chi connectivity index (χ3n) is 5.93. The zero-order valence-corrected chi connectivity index (χ0v) is 20.3. The highest BCUT2D eigenvalue weighted by molar-refractivity contribution is 5.55. The van der Waals surface area contributed by atoms with E-state index in [1.54, 1.807) is 14.0 Å². The zero-order valence-electron chi connectivity index (χ0n) is 20.3. The van der Waals surface area contributed by atoms with Crippen molar-refractivity contribution in [2.24, 2.45) is 0 Å². The van der Waals surface area contributed by atoms with E-state index >= 15 is 0 Å². The maximum Gasteiger partial charge on any atom is 0.161 e. The molecule has 5 heteroatoms. The number of aromatic nitrogens is 1. The van der Waals surface area contributed by atoms with Crippen LogP contribution in [0.5, 0.6) is 11.5 Å². The number of methoxy groups -OCH3 is 1. The fraction of sp³-hybridized carbons (Fsp3) is 0.233. The fourth-order valence-electron chi connectivity index (χ4n) is 4.09. The van der Waals surface area contributed by atoms with Gasteiger partial charge in [-0.15, -0.1) is 0 Å². The Morgan fingerprint density at radius 3 is 2.37 bits per heavy atom. The highest BCUT2D eigenvalue weighted by Crippen LogP contribution is 2.32. The summed E-state index contributed by atoms with van der Waals surface area (Å²) in [6.07, 6.45) is 2.05. The summed E-state index contributed by atoms with van der Waals surface area (Å²) in [7, 11) is 1.66. The first-order chi connectivity index (χ1) is 17.1. The second kappa shape index (κ2) is 12.0. The number of para-hydroxylation sites is 1. The smallest absolute Gasteiger partial charge is 0.161 e. The Kier molecular flexibility index (Phi) is 8.36. The van der Waals surface area contributed by atoms with Crippen molar-refractivity contribution in [2.45, 2.75) is 32.6 Å². The molecule has 0 bridgehead atoms. The standard InChI is InChI=1S/C30H32N2O3/c1-23(33)27-13-6-7-14-28(27)32(19-17-26-12-8-9-18-31-26)21-25-15-16-29(30(20-25)34-2)35-22-24-10-4-3-5-11-24/h3-16,18,20,23,33H,17,19,21-22H2,1-2H3. The number of ether oxygens (including phenoxy) is 2. The molecule has 4 aromatic rings. The zero-order chi connectivity index (χ0) is 24.5. The van der Waals surface area contributed by atoms with Gasteiger partial charge in [0.25, 0.3) is 0 Å². The van der Waals surface area contributed by atoms with Crippen LogP contribution < -0.4 is 14.4 Å². The quantitative estimate of drug-likeness (QED) is 0.294. The molecule has 1 N–H and O–H groups in total.